The molecule has 1 aromatic heterocycles. The maximum Gasteiger partial charge on any atom is 0.293 e. The average molecular weight is 303 g/mol. The van der Waals surface area contributed by atoms with E-state index in [1.807, 2.05) is 0 Å². The van der Waals surface area contributed by atoms with Crippen LogP contribution in [0, 0.1) is 5.92 Å². The molecule has 0 radical (unpaired) electrons. The Hall–Kier alpha value is -2.50. The van der Waals surface area contributed by atoms with Crippen molar-refractivity contribution in [2.45, 2.75) is 20.4 Å². The van der Waals surface area contributed by atoms with Crippen molar-refractivity contribution in [3.8, 4) is 11.5 Å². The highest BCUT2D eigenvalue weighted by atomic mass is 16.5. The van der Waals surface area contributed by atoms with Crippen molar-refractivity contribution in [3.63, 3.8) is 0 Å². The standard InChI is InChI=1S/C16H21N3O3/c1-11(2)10-19-8-7-17-15(16(19)20)18-13-6-5-12(21-3)9-14(13)22-4/h5-9,11H,10H2,1-4H3,(H,17,18). The lowest BCUT2D eigenvalue weighted by molar-refractivity contribution is 0.395. The maximum absolute atomic E-state index is 12.4. The summed E-state index contributed by atoms with van der Waals surface area (Å²) in [5.41, 5.74) is 0.504. The van der Waals surface area contributed by atoms with Gasteiger partial charge in [-0.1, -0.05) is 13.8 Å². The summed E-state index contributed by atoms with van der Waals surface area (Å²) in [6, 6.07) is 5.33. The summed E-state index contributed by atoms with van der Waals surface area (Å²) in [6.45, 7) is 4.77. The number of nitrogens with one attached hydrogen (secondary N) is 1. The molecule has 0 aliphatic heterocycles. The van der Waals surface area contributed by atoms with Gasteiger partial charge in [0.1, 0.15) is 11.5 Å². The van der Waals surface area contributed by atoms with Gasteiger partial charge in [0.25, 0.3) is 5.56 Å². The Bertz CT molecular complexity index is 695. The molecule has 0 saturated carbocycles. The molecule has 0 aliphatic carbocycles. The van der Waals surface area contributed by atoms with E-state index in [0.29, 0.717) is 29.6 Å². The largest absolute Gasteiger partial charge is 0.497 e. The molecule has 2 aromatic rings. The summed E-state index contributed by atoms with van der Waals surface area (Å²) in [5, 5.41) is 3.03. The lowest BCUT2D eigenvalue weighted by Crippen LogP contribution is -2.25. The van der Waals surface area contributed by atoms with Crippen LogP contribution in [0.1, 0.15) is 13.8 Å². The normalized spacial score (nSPS) is 10.6. The van der Waals surface area contributed by atoms with Crippen molar-refractivity contribution in [2.75, 3.05) is 19.5 Å². The SMILES string of the molecule is COc1ccc(Nc2nccn(CC(C)C)c2=O)c(OC)c1. The minimum atomic E-state index is -0.158. The molecule has 0 spiro atoms. The van der Waals surface area contributed by atoms with Gasteiger partial charge in [0.2, 0.25) is 0 Å². The number of aromatic nitrogens is 2. The zero-order chi connectivity index (χ0) is 16.1. The third kappa shape index (κ3) is 3.58. The molecule has 0 amide bonds. The molecule has 0 fully saturated rings. The highest BCUT2D eigenvalue weighted by Gasteiger charge is 2.10. The quantitative estimate of drug-likeness (QED) is 0.888. The number of nitrogens with zero attached hydrogens (tertiary/aromatic N) is 2. The van der Waals surface area contributed by atoms with Crippen LogP contribution in [0.15, 0.2) is 35.4 Å². The van der Waals surface area contributed by atoms with Crippen molar-refractivity contribution < 1.29 is 9.47 Å². The predicted octanol–water partition coefficient (Wildman–Crippen LogP) is 2.66. The van der Waals surface area contributed by atoms with Gasteiger partial charge in [0.15, 0.2) is 5.82 Å². The number of methoxy groups -OCH3 is 2. The second-order valence-corrected chi connectivity index (χ2v) is 5.32. The fourth-order valence-corrected chi connectivity index (χ4v) is 2.10. The van der Waals surface area contributed by atoms with E-state index in [4.69, 9.17) is 9.47 Å². The molecule has 0 bridgehead atoms. The van der Waals surface area contributed by atoms with E-state index in [2.05, 4.69) is 24.1 Å². The Morgan fingerprint density at radius 2 is 2.05 bits per heavy atom. The number of benzene rings is 1. The number of anilines is 2. The van der Waals surface area contributed by atoms with Crippen LogP contribution in [-0.4, -0.2) is 23.8 Å². The van der Waals surface area contributed by atoms with Crippen LogP contribution in [-0.2, 0) is 6.54 Å². The van der Waals surface area contributed by atoms with Gasteiger partial charge in [-0.15, -0.1) is 0 Å². The molecular formula is C16H21N3O3. The Morgan fingerprint density at radius 3 is 2.68 bits per heavy atom. The zero-order valence-electron chi connectivity index (χ0n) is 13.3. The van der Waals surface area contributed by atoms with Crippen LogP contribution in [0.25, 0.3) is 0 Å². The van der Waals surface area contributed by atoms with Crippen LogP contribution in [0.3, 0.4) is 0 Å². The van der Waals surface area contributed by atoms with Gasteiger partial charge in [-0.05, 0) is 18.1 Å². The summed E-state index contributed by atoms with van der Waals surface area (Å²) in [5.74, 6) is 1.91. The van der Waals surface area contributed by atoms with E-state index < -0.39 is 0 Å². The van der Waals surface area contributed by atoms with Crippen molar-refractivity contribution in [1.82, 2.24) is 9.55 Å². The number of hydrogen-bond donors (Lipinski definition) is 1. The van der Waals surface area contributed by atoms with Crippen LogP contribution < -0.4 is 20.3 Å². The number of hydrogen-bond acceptors (Lipinski definition) is 5. The molecule has 0 aliphatic rings. The molecule has 0 saturated heterocycles. The molecule has 0 atom stereocenters. The molecule has 1 aromatic carbocycles. The Kier molecular flexibility index (Phi) is 5.04. The van der Waals surface area contributed by atoms with Crippen molar-refractivity contribution in [1.29, 1.82) is 0 Å². The Balaban J connectivity index is 2.33. The first-order valence-electron chi connectivity index (χ1n) is 7.09. The summed E-state index contributed by atoms with van der Waals surface area (Å²) in [4.78, 5) is 16.5. The first-order chi connectivity index (χ1) is 10.5. The van der Waals surface area contributed by atoms with E-state index in [1.165, 1.54) is 0 Å². The lowest BCUT2D eigenvalue weighted by Gasteiger charge is -2.13. The molecule has 2 rings (SSSR count). The second kappa shape index (κ2) is 6.98. The Labute approximate surface area is 129 Å². The summed E-state index contributed by atoms with van der Waals surface area (Å²) < 4.78 is 12.1. The number of rotatable bonds is 6. The van der Waals surface area contributed by atoms with Crippen LogP contribution in [0.5, 0.6) is 11.5 Å². The average Bonchev–Trinajstić information content (AvgIpc) is 2.51. The van der Waals surface area contributed by atoms with E-state index in [1.54, 1.807) is 49.4 Å². The van der Waals surface area contributed by atoms with E-state index in [9.17, 15) is 4.79 Å². The summed E-state index contributed by atoms with van der Waals surface area (Å²) >= 11 is 0. The fraction of sp³-hybridized carbons (Fsp3) is 0.375. The van der Waals surface area contributed by atoms with Crippen molar-refractivity contribution in [3.05, 3.63) is 40.9 Å². The monoisotopic (exact) mass is 303 g/mol. The predicted molar refractivity (Wildman–Crippen MR) is 86.2 cm³/mol. The minimum Gasteiger partial charge on any atom is -0.497 e. The molecular weight excluding hydrogens is 282 g/mol. The lowest BCUT2D eigenvalue weighted by atomic mass is 10.2. The molecule has 6 heteroatoms. The van der Waals surface area contributed by atoms with Gasteiger partial charge >= 0.3 is 0 Å². The van der Waals surface area contributed by atoms with Crippen LogP contribution in [0.2, 0.25) is 0 Å². The maximum atomic E-state index is 12.4. The van der Waals surface area contributed by atoms with E-state index in [0.717, 1.165) is 0 Å². The highest BCUT2D eigenvalue weighted by molar-refractivity contribution is 5.65. The first-order valence-corrected chi connectivity index (χ1v) is 7.09. The zero-order valence-corrected chi connectivity index (χ0v) is 13.3. The third-order valence-corrected chi connectivity index (χ3v) is 3.14. The molecule has 22 heavy (non-hydrogen) atoms. The van der Waals surface area contributed by atoms with Gasteiger partial charge < -0.3 is 19.4 Å². The summed E-state index contributed by atoms with van der Waals surface area (Å²) in [7, 11) is 3.15. The smallest absolute Gasteiger partial charge is 0.293 e. The van der Waals surface area contributed by atoms with Crippen LogP contribution in [0.4, 0.5) is 11.5 Å². The van der Waals surface area contributed by atoms with Gasteiger partial charge in [-0.3, -0.25) is 4.79 Å². The van der Waals surface area contributed by atoms with Gasteiger partial charge in [-0.25, -0.2) is 4.98 Å². The fourth-order valence-electron chi connectivity index (χ4n) is 2.10. The molecule has 1 heterocycles. The van der Waals surface area contributed by atoms with Crippen molar-refractivity contribution >= 4 is 11.5 Å². The first kappa shape index (κ1) is 15.9. The van der Waals surface area contributed by atoms with Gasteiger partial charge in [0.05, 0.1) is 19.9 Å². The van der Waals surface area contributed by atoms with Gasteiger partial charge in [-0.2, -0.15) is 0 Å². The third-order valence-electron chi connectivity index (χ3n) is 3.14. The Morgan fingerprint density at radius 1 is 1.27 bits per heavy atom. The van der Waals surface area contributed by atoms with E-state index in [-0.39, 0.29) is 11.4 Å². The molecule has 118 valence electrons. The topological polar surface area (TPSA) is 65.4 Å². The molecule has 6 nitrogen and oxygen atoms in total. The molecule has 1 N–H and O–H groups in total. The molecule has 0 unspecified atom stereocenters. The van der Waals surface area contributed by atoms with Crippen LogP contribution >= 0.6 is 0 Å². The number of ether oxygens (including phenoxy) is 2. The second-order valence-electron chi connectivity index (χ2n) is 5.32. The van der Waals surface area contributed by atoms with Gasteiger partial charge in [0, 0.05) is 25.0 Å². The minimum absolute atomic E-state index is 0.158. The highest BCUT2D eigenvalue weighted by Crippen LogP contribution is 2.30. The van der Waals surface area contributed by atoms with E-state index >= 15 is 0 Å². The summed E-state index contributed by atoms with van der Waals surface area (Å²) in [6.07, 6.45) is 3.31. The van der Waals surface area contributed by atoms with Crippen molar-refractivity contribution in [2.24, 2.45) is 5.92 Å².